The molecule has 1 aromatic carbocycles. The number of carbonyl (C=O) groups is 4. The van der Waals surface area contributed by atoms with Gasteiger partial charge in [0.15, 0.2) is 0 Å². The number of rotatable bonds is 6. The van der Waals surface area contributed by atoms with Crippen molar-refractivity contribution in [1.82, 2.24) is 25.3 Å². The topological polar surface area (TPSA) is 113 Å². The summed E-state index contributed by atoms with van der Waals surface area (Å²) in [6, 6.07) is 7.57. The molecule has 0 bridgehead atoms. The molecule has 164 valence electrons. The van der Waals surface area contributed by atoms with Gasteiger partial charge >= 0.3 is 0 Å². The molecular weight excluding hydrogens is 398 g/mol. The number of hydrogen-bond donors (Lipinski definition) is 2. The SMILES string of the molecule is CCc1nc2ccccc2n1CC(=O)NNC(=O)CCN1C(=O)[C@@H]2CCCC[C@H]2C1=O. The van der Waals surface area contributed by atoms with E-state index in [1.165, 1.54) is 4.90 Å². The summed E-state index contributed by atoms with van der Waals surface area (Å²) in [5, 5.41) is 0. The number of benzene rings is 1. The highest BCUT2D eigenvalue weighted by atomic mass is 16.2. The van der Waals surface area contributed by atoms with Gasteiger partial charge < -0.3 is 4.57 Å². The highest BCUT2D eigenvalue weighted by Crippen LogP contribution is 2.37. The summed E-state index contributed by atoms with van der Waals surface area (Å²) in [6.45, 7) is 2.03. The van der Waals surface area contributed by atoms with Crippen molar-refractivity contribution in [2.75, 3.05) is 6.54 Å². The highest BCUT2D eigenvalue weighted by molar-refractivity contribution is 6.05. The van der Waals surface area contributed by atoms with Crippen LogP contribution in [0.3, 0.4) is 0 Å². The average Bonchev–Trinajstić information content (AvgIpc) is 3.26. The average molecular weight is 425 g/mol. The van der Waals surface area contributed by atoms with Crippen LogP contribution in [0.25, 0.3) is 11.0 Å². The standard InChI is InChI=1S/C22H27N5O4/c1-2-18-23-16-9-5-6-10-17(16)27(18)13-20(29)25-24-19(28)11-12-26-21(30)14-7-3-4-8-15(14)22(26)31/h5-6,9-10,14-15H,2-4,7-8,11-13H2,1H3,(H,24,28)(H,25,29)/t14-,15-/m1/s1. The van der Waals surface area contributed by atoms with Crippen molar-refractivity contribution in [2.24, 2.45) is 11.8 Å². The number of likely N-dealkylation sites (tertiary alicyclic amines) is 1. The third-order valence-electron chi connectivity index (χ3n) is 6.19. The predicted octanol–water partition coefficient (Wildman–Crippen LogP) is 1.31. The number of hydrazine groups is 1. The fourth-order valence-electron chi connectivity index (χ4n) is 4.62. The van der Waals surface area contributed by atoms with Crippen LogP contribution in [0.15, 0.2) is 24.3 Å². The first-order valence-electron chi connectivity index (χ1n) is 10.9. The molecule has 1 saturated heterocycles. The second-order valence-corrected chi connectivity index (χ2v) is 8.13. The number of nitrogens with zero attached hydrogens (tertiary/aromatic N) is 3. The van der Waals surface area contributed by atoms with Gasteiger partial charge in [0, 0.05) is 19.4 Å². The summed E-state index contributed by atoms with van der Waals surface area (Å²) in [6.07, 6.45) is 4.05. The van der Waals surface area contributed by atoms with E-state index >= 15 is 0 Å². The van der Waals surface area contributed by atoms with Gasteiger partial charge in [0.2, 0.25) is 17.7 Å². The lowest BCUT2D eigenvalue weighted by Gasteiger charge is -2.19. The van der Waals surface area contributed by atoms with Crippen LogP contribution in [0.4, 0.5) is 0 Å². The van der Waals surface area contributed by atoms with Gasteiger partial charge in [0.25, 0.3) is 5.91 Å². The summed E-state index contributed by atoms with van der Waals surface area (Å²) in [5.41, 5.74) is 6.46. The van der Waals surface area contributed by atoms with Crippen molar-refractivity contribution in [3.05, 3.63) is 30.1 Å². The molecule has 1 aliphatic carbocycles. The Hall–Kier alpha value is -3.23. The van der Waals surface area contributed by atoms with Gasteiger partial charge in [0.1, 0.15) is 12.4 Å². The van der Waals surface area contributed by atoms with Crippen molar-refractivity contribution in [2.45, 2.75) is 52.0 Å². The molecular formula is C22H27N5O4. The van der Waals surface area contributed by atoms with Gasteiger partial charge in [-0.05, 0) is 25.0 Å². The van der Waals surface area contributed by atoms with Crippen molar-refractivity contribution in [3.63, 3.8) is 0 Å². The van der Waals surface area contributed by atoms with Crippen LogP contribution in [0.5, 0.6) is 0 Å². The van der Waals surface area contributed by atoms with Crippen molar-refractivity contribution >= 4 is 34.7 Å². The molecule has 1 aliphatic heterocycles. The van der Waals surface area contributed by atoms with E-state index in [2.05, 4.69) is 15.8 Å². The molecule has 2 heterocycles. The third kappa shape index (κ3) is 4.17. The van der Waals surface area contributed by atoms with E-state index in [1.54, 1.807) is 0 Å². The Balaban J connectivity index is 1.28. The maximum absolute atomic E-state index is 12.5. The lowest BCUT2D eigenvalue weighted by molar-refractivity contribution is -0.140. The molecule has 2 fully saturated rings. The highest BCUT2D eigenvalue weighted by Gasteiger charge is 2.47. The number of carbonyl (C=O) groups excluding carboxylic acids is 4. The molecule has 4 rings (SSSR count). The fourth-order valence-corrected chi connectivity index (χ4v) is 4.62. The first-order valence-corrected chi connectivity index (χ1v) is 10.9. The first-order chi connectivity index (χ1) is 15.0. The summed E-state index contributed by atoms with van der Waals surface area (Å²) in [7, 11) is 0. The molecule has 2 N–H and O–H groups in total. The maximum atomic E-state index is 12.5. The number of aryl methyl sites for hydroxylation is 1. The van der Waals surface area contributed by atoms with Crippen molar-refractivity contribution in [3.8, 4) is 0 Å². The van der Waals surface area contributed by atoms with E-state index < -0.39 is 5.91 Å². The molecule has 1 saturated carbocycles. The van der Waals surface area contributed by atoms with E-state index in [9.17, 15) is 19.2 Å². The number of fused-ring (bicyclic) bond motifs is 2. The molecule has 31 heavy (non-hydrogen) atoms. The Bertz CT molecular complexity index is 1010. The maximum Gasteiger partial charge on any atom is 0.258 e. The van der Waals surface area contributed by atoms with Crippen LogP contribution in [-0.4, -0.2) is 44.6 Å². The summed E-state index contributed by atoms with van der Waals surface area (Å²) in [4.78, 5) is 55.2. The lowest BCUT2D eigenvalue weighted by Crippen LogP contribution is -2.44. The minimum Gasteiger partial charge on any atom is -0.318 e. The Morgan fingerprint density at radius 2 is 1.68 bits per heavy atom. The number of para-hydroxylation sites is 2. The van der Waals surface area contributed by atoms with Crippen molar-refractivity contribution < 1.29 is 19.2 Å². The molecule has 2 atom stereocenters. The minimum atomic E-state index is -0.449. The molecule has 4 amide bonds. The number of amides is 4. The third-order valence-corrected chi connectivity index (χ3v) is 6.19. The smallest absolute Gasteiger partial charge is 0.258 e. The molecule has 0 radical (unpaired) electrons. The number of nitrogens with one attached hydrogen (secondary N) is 2. The quantitative estimate of drug-likeness (QED) is 0.535. The molecule has 2 aliphatic rings. The van der Waals surface area contributed by atoms with Crippen LogP contribution in [0.2, 0.25) is 0 Å². The zero-order chi connectivity index (χ0) is 22.0. The Labute approximate surface area is 180 Å². The van der Waals surface area contributed by atoms with E-state index in [0.717, 1.165) is 42.5 Å². The Kier molecular flexibility index (Phi) is 6.01. The first kappa shape index (κ1) is 21.0. The van der Waals surface area contributed by atoms with E-state index in [4.69, 9.17) is 0 Å². The normalized spacial score (nSPS) is 20.7. The van der Waals surface area contributed by atoms with Crippen LogP contribution < -0.4 is 10.9 Å². The van der Waals surface area contributed by atoms with Gasteiger partial charge in [-0.1, -0.05) is 31.9 Å². The molecule has 2 aromatic rings. The number of imidazole rings is 1. The zero-order valence-electron chi connectivity index (χ0n) is 17.6. The van der Waals surface area contributed by atoms with Gasteiger partial charge in [-0.2, -0.15) is 0 Å². The van der Waals surface area contributed by atoms with Gasteiger partial charge in [-0.15, -0.1) is 0 Å². The van der Waals surface area contributed by atoms with Crippen LogP contribution in [0, 0.1) is 11.8 Å². The summed E-state index contributed by atoms with van der Waals surface area (Å²) < 4.78 is 1.82. The van der Waals surface area contributed by atoms with Crippen molar-refractivity contribution in [1.29, 1.82) is 0 Å². The number of aromatic nitrogens is 2. The van der Waals surface area contributed by atoms with Crippen LogP contribution in [-0.2, 0) is 32.1 Å². The van der Waals surface area contributed by atoms with E-state index in [0.29, 0.717) is 6.42 Å². The minimum absolute atomic E-state index is 0.0242. The molecule has 0 unspecified atom stereocenters. The molecule has 9 heteroatoms. The monoisotopic (exact) mass is 425 g/mol. The van der Waals surface area contributed by atoms with E-state index in [1.807, 2.05) is 35.8 Å². The largest absolute Gasteiger partial charge is 0.318 e. The lowest BCUT2D eigenvalue weighted by atomic mass is 9.81. The Morgan fingerprint density at radius 3 is 2.35 bits per heavy atom. The van der Waals surface area contributed by atoms with E-state index in [-0.39, 0.29) is 49.1 Å². The van der Waals surface area contributed by atoms with Gasteiger partial charge in [0.05, 0.1) is 22.9 Å². The van der Waals surface area contributed by atoms with Crippen LogP contribution >= 0.6 is 0 Å². The second kappa shape index (κ2) is 8.87. The second-order valence-electron chi connectivity index (χ2n) is 8.13. The Morgan fingerprint density at radius 1 is 1.03 bits per heavy atom. The van der Waals surface area contributed by atoms with Crippen LogP contribution in [0.1, 0.15) is 44.9 Å². The summed E-state index contributed by atoms with van der Waals surface area (Å²) >= 11 is 0. The summed E-state index contributed by atoms with van der Waals surface area (Å²) in [5.74, 6) is -0.810. The molecule has 0 spiro atoms. The molecule has 9 nitrogen and oxygen atoms in total. The number of imide groups is 1. The predicted molar refractivity (Wildman–Crippen MR) is 112 cm³/mol. The fraction of sp³-hybridized carbons (Fsp3) is 0.500. The van der Waals surface area contributed by atoms with Gasteiger partial charge in [-0.3, -0.25) is 34.9 Å². The number of hydrogen-bond acceptors (Lipinski definition) is 5. The zero-order valence-corrected chi connectivity index (χ0v) is 17.6. The van der Waals surface area contributed by atoms with Gasteiger partial charge in [-0.25, -0.2) is 4.98 Å². The molecule has 1 aromatic heterocycles.